The van der Waals surface area contributed by atoms with E-state index >= 15 is 0 Å². The Morgan fingerprint density at radius 3 is 2.55 bits per heavy atom. The van der Waals surface area contributed by atoms with Crippen LogP contribution in [0.4, 0.5) is 0 Å². The molecule has 6 nitrogen and oxygen atoms in total. The van der Waals surface area contributed by atoms with Crippen molar-refractivity contribution in [2.45, 2.75) is 13.0 Å². The molecule has 2 rings (SSSR count). The number of aliphatic carboxylic acids is 1. The molecule has 102 valence electrons. The van der Waals surface area contributed by atoms with Crippen molar-refractivity contribution in [1.82, 2.24) is 15.3 Å². The lowest BCUT2D eigenvalue weighted by Crippen LogP contribution is -2.24. The summed E-state index contributed by atoms with van der Waals surface area (Å²) < 4.78 is 0. The molecule has 20 heavy (non-hydrogen) atoms. The second-order valence-corrected chi connectivity index (χ2v) is 4.11. The van der Waals surface area contributed by atoms with Gasteiger partial charge in [-0.2, -0.15) is 0 Å². The molecule has 0 radical (unpaired) electrons. The number of aromatic nitrogens is 2. The Labute approximate surface area is 115 Å². The molecule has 0 atom stereocenters. The molecule has 2 N–H and O–H groups in total. The topological polar surface area (TPSA) is 92.2 Å². The molecule has 0 saturated heterocycles. The van der Waals surface area contributed by atoms with Crippen molar-refractivity contribution in [3.8, 4) is 0 Å². The van der Waals surface area contributed by atoms with Gasteiger partial charge in [-0.1, -0.05) is 24.3 Å². The Morgan fingerprint density at radius 2 is 1.90 bits per heavy atom. The van der Waals surface area contributed by atoms with Gasteiger partial charge in [-0.3, -0.25) is 14.6 Å². The van der Waals surface area contributed by atoms with E-state index in [4.69, 9.17) is 5.11 Å². The van der Waals surface area contributed by atoms with Gasteiger partial charge in [0, 0.05) is 18.9 Å². The summed E-state index contributed by atoms with van der Waals surface area (Å²) in [7, 11) is 0. The Balaban J connectivity index is 2.04. The zero-order valence-corrected chi connectivity index (χ0v) is 10.6. The Bertz CT molecular complexity index is 614. The van der Waals surface area contributed by atoms with Gasteiger partial charge in [0.15, 0.2) is 0 Å². The molecule has 1 aromatic carbocycles. The lowest BCUT2D eigenvalue weighted by atomic mass is 10.0. The van der Waals surface area contributed by atoms with Crippen LogP contribution in [0.15, 0.2) is 42.9 Å². The van der Waals surface area contributed by atoms with E-state index in [0.29, 0.717) is 5.56 Å². The van der Waals surface area contributed by atoms with Gasteiger partial charge in [-0.05, 0) is 11.1 Å². The predicted molar refractivity (Wildman–Crippen MR) is 71.0 cm³/mol. The van der Waals surface area contributed by atoms with Crippen molar-refractivity contribution >= 4 is 11.9 Å². The molecular formula is C14H13N3O3. The number of carboxylic acid groups (broad SMARTS) is 1. The smallest absolute Gasteiger partial charge is 0.307 e. The monoisotopic (exact) mass is 271 g/mol. The van der Waals surface area contributed by atoms with E-state index in [0.717, 1.165) is 5.56 Å². The highest BCUT2D eigenvalue weighted by Crippen LogP contribution is 2.09. The van der Waals surface area contributed by atoms with Crippen molar-refractivity contribution in [1.29, 1.82) is 0 Å². The minimum Gasteiger partial charge on any atom is -0.481 e. The molecule has 0 fully saturated rings. The van der Waals surface area contributed by atoms with E-state index < -0.39 is 5.97 Å². The first-order chi connectivity index (χ1) is 9.66. The first kappa shape index (κ1) is 13.7. The zero-order chi connectivity index (χ0) is 14.4. The highest BCUT2D eigenvalue weighted by atomic mass is 16.4. The fourth-order valence-electron chi connectivity index (χ4n) is 1.75. The van der Waals surface area contributed by atoms with Crippen molar-refractivity contribution in [3.63, 3.8) is 0 Å². The van der Waals surface area contributed by atoms with Gasteiger partial charge in [0.2, 0.25) is 0 Å². The van der Waals surface area contributed by atoms with Crippen LogP contribution < -0.4 is 5.32 Å². The highest BCUT2D eigenvalue weighted by molar-refractivity contribution is 5.91. The van der Waals surface area contributed by atoms with E-state index in [1.165, 1.54) is 18.6 Å². The second-order valence-electron chi connectivity index (χ2n) is 4.11. The normalized spacial score (nSPS) is 10.0. The van der Waals surface area contributed by atoms with Crippen molar-refractivity contribution in [2.24, 2.45) is 0 Å². The number of amides is 1. The van der Waals surface area contributed by atoms with E-state index in [-0.39, 0.29) is 24.6 Å². The standard InChI is InChI=1S/C14H13N3O3/c18-13(19)7-10-3-1-2-4-11(10)8-17-14(20)12-9-15-5-6-16-12/h1-6,9H,7-8H2,(H,17,20)(H,18,19). The number of nitrogens with zero attached hydrogens (tertiary/aromatic N) is 2. The molecule has 0 bridgehead atoms. The fourth-order valence-corrected chi connectivity index (χ4v) is 1.75. The highest BCUT2D eigenvalue weighted by Gasteiger charge is 2.09. The molecule has 0 aliphatic heterocycles. The Kier molecular flexibility index (Phi) is 4.39. The van der Waals surface area contributed by atoms with Crippen LogP contribution >= 0.6 is 0 Å². The quantitative estimate of drug-likeness (QED) is 0.847. The largest absolute Gasteiger partial charge is 0.481 e. The maximum absolute atomic E-state index is 11.8. The van der Waals surface area contributed by atoms with Gasteiger partial charge in [0.1, 0.15) is 5.69 Å². The van der Waals surface area contributed by atoms with E-state index in [1.807, 2.05) is 0 Å². The third-order valence-electron chi connectivity index (χ3n) is 2.70. The molecule has 6 heteroatoms. The summed E-state index contributed by atoms with van der Waals surface area (Å²) in [6.07, 6.45) is 4.22. The SMILES string of the molecule is O=C(O)Cc1ccccc1CNC(=O)c1cnccn1. The molecule has 0 saturated carbocycles. The summed E-state index contributed by atoms with van der Waals surface area (Å²) in [5, 5.41) is 11.5. The molecule has 0 aliphatic rings. The lowest BCUT2D eigenvalue weighted by Gasteiger charge is -2.08. The molecule has 2 aromatic rings. The summed E-state index contributed by atoms with van der Waals surface area (Å²) in [6.45, 7) is 0.249. The van der Waals surface area contributed by atoms with Gasteiger partial charge in [0.25, 0.3) is 5.91 Å². The minimum absolute atomic E-state index is 0.0722. The molecule has 0 spiro atoms. The van der Waals surface area contributed by atoms with Gasteiger partial charge >= 0.3 is 5.97 Å². The zero-order valence-electron chi connectivity index (χ0n) is 10.6. The van der Waals surface area contributed by atoms with Crippen LogP contribution in [0.5, 0.6) is 0 Å². The summed E-state index contributed by atoms with van der Waals surface area (Å²) in [4.78, 5) is 30.3. The van der Waals surface area contributed by atoms with Crippen molar-refractivity contribution in [2.75, 3.05) is 0 Å². The number of carbonyl (C=O) groups excluding carboxylic acids is 1. The van der Waals surface area contributed by atoms with Crippen LogP contribution in [0.2, 0.25) is 0 Å². The van der Waals surface area contributed by atoms with Gasteiger partial charge in [-0.15, -0.1) is 0 Å². The van der Waals surface area contributed by atoms with Crippen LogP contribution in [-0.2, 0) is 17.8 Å². The first-order valence-electron chi connectivity index (χ1n) is 5.99. The van der Waals surface area contributed by atoms with Crippen LogP contribution in [-0.4, -0.2) is 27.0 Å². The average Bonchev–Trinajstić information content (AvgIpc) is 2.46. The maximum atomic E-state index is 11.8. The number of hydrogen-bond donors (Lipinski definition) is 2. The minimum atomic E-state index is -0.905. The van der Waals surface area contributed by atoms with Crippen LogP contribution in [0.1, 0.15) is 21.6 Å². The number of hydrogen-bond acceptors (Lipinski definition) is 4. The lowest BCUT2D eigenvalue weighted by molar-refractivity contribution is -0.136. The number of carbonyl (C=O) groups is 2. The Morgan fingerprint density at radius 1 is 1.15 bits per heavy atom. The maximum Gasteiger partial charge on any atom is 0.307 e. The molecule has 1 heterocycles. The number of carboxylic acids is 1. The summed E-state index contributed by atoms with van der Waals surface area (Å²) >= 11 is 0. The number of benzene rings is 1. The predicted octanol–water partition coefficient (Wildman–Crippen LogP) is 1.03. The fraction of sp³-hybridized carbons (Fsp3) is 0.143. The van der Waals surface area contributed by atoms with Crippen LogP contribution in [0.25, 0.3) is 0 Å². The summed E-state index contributed by atoms with van der Waals surface area (Å²) in [5.41, 5.74) is 1.68. The molecule has 1 aromatic heterocycles. The van der Waals surface area contributed by atoms with Crippen molar-refractivity contribution in [3.05, 3.63) is 59.7 Å². The number of nitrogens with one attached hydrogen (secondary N) is 1. The third-order valence-corrected chi connectivity index (χ3v) is 2.70. The van der Waals surface area contributed by atoms with Gasteiger partial charge in [0.05, 0.1) is 12.6 Å². The van der Waals surface area contributed by atoms with E-state index in [9.17, 15) is 9.59 Å². The van der Waals surface area contributed by atoms with E-state index in [1.54, 1.807) is 24.3 Å². The van der Waals surface area contributed by atoms with Crippen LogP contribution in [0, 0.1) is 0 Å². The second kappa shape index (κ2) is 6.42. The molecular weight excluding hydrogens is 258 g/mol. The molecule has 0 unspecified atom stereocenters. The van der Waals surface area contributed by atoms with Gasteiger partial charge in [-0.25, -0.2) is 4.98 Å². The summed E-state index contributed by atoms with van der Waals surface area (Å²) in [6, 6.07) is 7.09. The summed E-state index contributed by atoms with van der Waals surface area (Å²) in [5.74, 6) is -1.25. The average molecular weight is 271 g/mol. The number of rotatable bonds is 5. The molecule has 1 amide bonds. The first-order valence-corrected chi connectivity index (χ1v) is 5.99. The van der Waals surface area contributed by atoms with Gasteiger partial charge < -0.3 is 10.4 Å². The van der Waals surface area contributed by atoms with Crippen molar-refractivity contribution < 1.29 is 14.7 Å². The van der Waals surface area contributed by atoms with Crippen LogP contribution in [0.3, 0.4) is 0 Å². The molecule has 0 aliphatic carbocycles. The van der Waals surface area contributed by atoms with E-state index in [2.05, 4.69) is 15.3 Å². The third kappa shape index (κ3) is 3.61. The Hall–Kier alpha value is -2.76.